The van der Waals surface area contributed by atoms with Crippen LogP contribution in [0.4, 0.5) is 23.8 Å². The number of hydrogen-bond donors (Lipinski definition) is 4. The number of amides is 3. The van der Waals surface area contributed by atoms with Crippen molar-refractivity contribution in [1.82, 2.24) is 25.7 Å². The molecule has 0 bridgehead atoms. The topological polar surface area (TPSA) is 137 Å². The molecule has 1 aliphatic rings. The lowest BCUT2D eigenvalue weighted by Gasteiger charge is -2.33. The van der Waals surface area contributed by atoms with Gasteiger partial charge in [0.2, 0.25) is 0 Å². The average molecular weight is 539 g/mol. The molecule has 13 heteroatoms. The zero-order valence-electron chi connectivity index (χ0n) is 21.5. The third-order valence-corrected chi connectivity index (χ3v) is 5.40. The summed E-state index contributed by atoms with van der Waals surface area (Å²) in [5.74, 6) is -2.14. The number of hydrogen-bond acceptors (Lipinski definition) is 6. The van der Waals surface area contributed by atoms with E-state index in [1.807, 2.05) is 30.0 Å². The van der Waals surface area contributed by atoms with Gasteiger partial charge >= 0.3 is 18.2 Å². The summed E-state index contributed by atoms with van der Waals surface area (Å²) >= 11 is 0. The maximum absolute atomic E-state index is 13.2. The van der Waals surface area contributed by atoms with Gasteiger partial charge in [-0.1, -0.05) is 44.2 Å². The Labute approximate surface area is 219 Å². The summed E-state index contributed by atoms with van der Waals surface area (Å²) in [5.41, 5.74) is 2.38. The van der Waals surface area contributed by atoms with Crippen LogP contribution in [0, 0.1) is 5.92 Å². The van der Waals surface area contributed by atoms with E-state index < -0.39 is 12.1 Å². The quantitative estimate of drug-likeness (QED) is 0.425. The summed E-state index contributed by atoms with van der Waals surface area (Å²) in [6.07, 6.45) is -3.53. The summed E-state index contributed by atoms with van der Waals surface area (Å²) < 4.78 is 31.7. The fraction of sp³-hybridized carbons (Fsp3) is 0.480. The number of halogens is 3. The van der Waals surface area contributed by atoms with E-state index in [1.54, 1.807) is 6.07 Å². The monoisotopic (exact) mass is 538 g/mol. The molecule has 4 N–H and O–H groups in total. The highest BCUT2D eigenvalue weighted by atomic mass is 19.4. The summed E-state index contributed by atoms with van der Waals surface area (Å²) in [7, 11) is 0. The lowest BCUT2D eigenvalue weighted by molar-refractivity contribution is -0.192. The molecule has 10 nitrogen and oxygen atoms in total. The summed E-state index contributed by atoms with van der Waals surface area (Å²) in [4.78, 5) is 35.8. The highest BCUT2D eigenvalue weighted by Crippen LogP contribution is 2.19. The summed E-state index contributed by atoms with van der Waals surface area (Å²) in [5, 5.41) is 24.4. The van der Waals surface area contributed by atoms with Crippen LogP contribution in [-0.4, -0.2) is 76.5 Å². The van der Waals surface area contributed by atoms with Gasteiger partial charge in [-0.2, -0.15) is 13.2 Å². The molecule has 1 aromatic carbocycles. The molecule has 0 aliphatic carbocycles. The second-order valence-electron chi connectivity index (χ2n) is 9.08. The number of carbonyl (C=O) groups is 3. The van der Waals surface area contributed by atoms with Gasteiger partial charge in [-0.3, -0.25) is 10.1 Å². The van der Waals surface area contributed by atoms with Gasteiger partial charge in [-0.25, -0.2) is 9.59 Å². The minimum atomic E-state index is -5.08. The zero-order valence-corrected chi connectivity index (χ0v) is 21.5. The highest BCUT2D eigenvalue weighted by molar-refractivity contribution is 5.93. The molecule has 1 fully saturated rings. The van der Waals surface area contributed by atoms with Gasteiger partial charge in [-0.15, -0.1) is 10.2 Å². The molecule has 0 radical (unpaired) electrons. The second kappa shape index (κ2) is 14.3. The number of nitrogens with one attached hydrogen (secondary N) is 3. The Morgan fingerprint density at radius 1 is 1.18 bits per heavy atom. The third kappa shape index (κ3) is 9.96. The van der Waals surface area contributed by atoms with Crippen LogP contribution < -0.4 is 16.0 Å². The first-order valence-electron chi connectivity index (χ1n) is 12.2. The fourth-order valence-corrected chi connectivity index (χ4v) is 3.76. The largest absolute Gasteiger partial charge is 0.490 e. The molecule has 2 heterocycles. The molecular weight excluding hydrogens is 505 g/mol. The Bertz CT molecular complexity index is 1080. The predicted octanol–water partition coefficient (Wildman–Crippen LogP) is 3.11. The van der Waals surface area contributed by atoms with Crippen LogP contribution in [0.1, 0.15) is 42.4 Å². The number of benzene rings is 1. The first-order chi connectivity index (χ1) is 17.9. The highest BCUT2D eigenvalue weighted by Gasteiger charge is 2.38. The van der Waals surface area contributed by atoms with Crippen LogP contribution >= 0.6 is 0 Å². The van der Waals surface area contributed by atoms with E-state index in [9.17, 15) is 22.8 Å². The molecular formula is C25H33F3N6O4. The first-order valence-corrected chi connectivity index (χ1v) is 12.2. The second-order valence-corrected chi connectivity index (χ2v) is 9.08. The Morgan fingerprint density at radius 3 is 2.42 bits per heavy atom. The van der Waals surface area contributed by atoms with Crippen molar-refractivity contribution in [3.05, 3.63) is 53.2 Å². The van der Waals surface area contributed by atoms with Crippen molar-refractivity contribution in [3.8, 4) is 0 Å². The number of urea groups is 1. The number of rotatable bonds is 7. The number of alkyl halides is 3. The molecule has 0 saturated carbocycles. The smallest absolute Gasteiger partial charge is 0.475 e. The van der Waals surface area contributed by atoms with Crippen LogP contribution in [0.3, 0.4) is 0 Å². The van der Waals surface area contributed by atoms with E-state index in [4.69, 9.17) is 9.90 Å². The number of carboxylic acid groups (broad SMARTS) is 1. The molecule has 2 aromatic rings. The molecule has 0 spiro atoms. The van der Waals surface area contributed by atoms with Crippen molar-refractivity contribution in [2.45, 2.75) is 45.8 Å². The van der Waals surface area contributed by atoms with Crippen LogP contribution in [0.5, 0.6) is 0 Å². The summed E-state index contributed by atoms with van der Waals surface area (Å²) in [6.45, 7) is 8.53. The van der Waals surface area contributed by atoms with Gasteiger partial charge in [0.25, 0.3) is 5.91 Å². The molecule has 0 unspecified atom stereocenters. The van der Waals surface area contributed by atoms with E-state index in [2.05, 4.69) is 52.1 Å². The van der Waals surface area contributed by atoms with Gasteiger partial charge in [0.05, 0.1) is 0 Å². The van der Waals surface area contributed by atoms with E-state index in [1.165, 1.54) is 5.56 Å². The van der Waals surface area contributed by atoms with Gasteiger partial charge in [0.1, 0.15) is 0 Å². The Balaban J connectivity index is 0.000000638. The maximum atomic E-state index is 13.2. The van der Waals surface area contributed by atoms with E-state index in [-0.39, 0.29) is 18.0 Å². The molecule has 38 heavy (non-hydrogen) atoms. The molecule has 3 rings (SSSR count). The number of nitrogens with zero attached hydrogens (tertiary/aromatic N) is 3. The number of piperazine rings is 1. The molecule has 1 saturated heterocycles. The van der Waals surface area contributed by atoms with Crippen molar-refractivity contribution < 1.29 is 32.7 Å². The SMILES string of the molecule is CCNC(=O)Nc1nnc(C(=O)N2CCN[C@@H](Cc3ccccc3)C2)cc1CC(C)C.O=C(O)C(F)(F)F. The lowest BCUT2D eigenvalue weighted by Crippen LogP contribution is -2.53. The van der Waals surface area contributed by atoms with Gasteiger partial charge in [0.15, 0.2) is 11.5 Å². The van der Waals surface area contributed by atoms with E-state index in [0.717, 1.165) is 18.5 Å². The Morgan fingerprint density at radius 2 is 1.84 bits per heavy atom. The van der Waals surface area contributed by atoms with Crippen molar-refractivity contribution in [1.29, 1.82) is 0 Å². The predicted molar refractivity (Wildman–Crippen MR) is 135 cm³/mol. The Hall–Kier alpha value is -3.74. The van der Waals surface area contributed by atoms with Gasteiger partial charge in [-0.05, 0) is 42.9 Å². The van der Waals surface area contributed by atoms with E-state index >= 15 is 0 Å². The van der Waals surface area contributed by atoms with Crippen LogP contribution in [0.25, 0.3) is 0 Å². The fourth-order valence-electron chi connectivity index (χ4n) is 3.76. The zero-order chi connectivity index (χ0) is 28.3. The number of carboxylic acids is 1. The third-order valence-electron chi connectivity index (χ3n) is 5.40. The summed E-state index contributed by atoms with van der Waals surface area (Å²) in [6, 6.07) is 11.9. The van der Waals surface area contributed by atoms with Crippen molar-refractivity contribution in [3.63, 3.8) is 0 Å². The Kier molecular flexibility index (Phi) is 11.4. The number of anilines is 1. The van der Waals surface area contributed by atoms with Crippen LogP contribution in [-0.2, 0) is 17.6 Å². The van der Waals surface area contributed by atoms with Crippen molar-refractivity contribution in [2.75, 3.05) is 31.5 Å². The number of carbonyl (C=O) groups excluding carboxylic acids is 2. The molecule has 3 amide bonds. The van der Waals surface area contributed by atoms with Crippen LogP contribution in [0.15, 0.2) is 36.4 Å². The maximum Gasteiger partial charge on any atom is 0.490 e. The lowest BCUT2D eigenvalue weighted by atomic mass is 10.0. The van der Waals surface area contributed by atoms with Crippen molar-refractivity contribution in [2.24, 2.45) is 5.92 Å². The average Bonchev–Trinajstić information content (AvgIpc) is 2.85. The number of aliphatic carboxylic acids is 1. The molecule has 1 aliphatic heterocycles. The first kappa shape index (κ1) is 30.5. The van der Waals surface area contributed by atoms with Gasteiger partial charge in [0, 0.05) is 32.2 Å². The molecule has 1 aromatic heterocycles. The minimum absolute atomic E-state index is 0.123. The molecule has 208 valence electrons. The number of aromatic nitrogens is 2. The minimum Gasteiger partial charge on any atom is -0.475 e. The standard InChI is InChI=1S/C23H32N6O2.C2HF3O2/c1-4-24-23(31)26-21-18(12-16(2)3)14-20(27-28-21)22(30)29-11-10-25-19(15-29)13-17-8-6-5-7-9-17;3-2(4,5)1(6)7/h5-9,14,16,19,25H,4,10-13,15H2,1-3H3,(H2,24,26,28,31);(H,6,7)/t19-;/m0./s1. The van der Waals surface area contributed by atoms with E-state index in [0.29, 0.717) is 43.5 Å². The van der Waals surface area contributed by atoms with Gasteiger partial charge < -0.3 is 20.6 Å². The normalized spacial score (nSPS) is 15.3. The van der Waals surface area contributed by atoms with Crippen LogP contribution in [0.2, 0.25) is 0 Å². The van der Waals surface area contributed by atoms with Crippen molar-refractivity contribution >= 4 is 23.7 Å². The molecule has 1 atom stereocenters.